The lowest BCUT2D eigenvalue weighted by atomic mass is 9.75. The van der Waals surface area contributed by atoms with Crippen LogP contribution in [0.1, 0.15) is 116 Å². The van der Waals surface area contributed by atoms with Crippen LogP contribution in [0.5, 0.6) is 0 Å². The normalized spacial score (nSPS) is 13.6. The molecule has 18 heteroatoms. The van der Waals surface area contributed by atoms with Gasteiger partial charge in [-0.3, -0.25) is 4.79 Å². The van der Waals surface area contributed by atoms with Gasteiger partial charge >= 0.3 is 25.2 Å². The second-order valence-electron chi connectivity index (χ2n) is 17.2. The Morgan fingerprint density at radius 3 is 1.49 bits per heavy atom. The van der Waals surface area contributed by atoms with E-state index < -0.39 is 78.9 Å². The summed E-state index contributed by atoms with van der Waals surface area (Å²) in [5.74, 6) is -2.06. The average Bonchev–Trinajstić information content (AvgIpc) is 3.57. The number of hydrogen-bond acceptors (Lipinski definition) is 13. The van der Waals surface area contributed by atoms with Gasteiger partial charge in [-0.1, -0.05) is 65.5 Å². The number of carbonyl (C=O) groups excluding carboxylic acids is 4. The largest absolute Gasteiger partial charge is 0.492 e. The molecule has 0 saturated heterocycles. The van der Waals surface area contributed by atoms with Gasteiger partial charge in [-0.05, 0) is 125 Å². The molecule has 1 heterocycles. The standard InChI is InChI=1S/C24H30BNO7S.C20H31NO6S.CH4/c1-14(2)22(26-23(27)20-11-8-18-13-33-25(29)21(18)16(20)5)24(28)32-12-17-6-9-19(10-7-17)34(30,31)15(3)4;1-13(2)17(21-19(23)27-20(5,6)7)18(22)26-12-15-8-10-16(11-9-15)28(24,25)14(3)4;/h6-11,14-15,22,29H,12-13H2,1-5H3,(H,26,27);8-11,13-14,17H,12H2,1-7H3,(H,21,23);1H4/t22-;17-;/m00./s1. The summed E-state index contributed by atoms with van der Waals surface area (Å²) in [7, 11) is -7.80. The number of benzene rings is 3. The molecular weight excluding hydrogens is 851 g/mol. The number of nitrogens with one attached hydrogen (secondary N) is 2. The van der Waals surface area contributed by atoms with Crippen molar-refractivity contribution < 1.29 is 59.9 Å². The van der Waals surface area contributed by atoms with Crippen LogP contribution in [0.25, 0.3) is 0 Å². The van der Waals surface area contributed by atoms with E-state index in [4.69, 9.17) is 18.9 Å². The fraction of sp³-hybridized carbons (Fsp3) is 0.511. The van der Waals surface area contributed by atoms with E-state index in [0.717, 1.165) is 5.56 Å². The van der Waals surface area contributed by atoms with Crippen LogP contribution in [-0.4, -0.2) is 81.1 Å². The molecule has 0 spiro atoms. The van der Waals surface area contributed by atoms with Crippen molar-refractivity contribution in [3.63, 3.8) is 0 Å². The van der Waals surface area contributed by atoms with E-state index in [2.05, 4.69) is 10.6 Å². The average molecular weight is 917 g/mol. The van der Waals surface area contributed by atoms with Crippen molar-refractivity contribution in [3.8, 4) is 0 Å². The summed E-state index contributed by atoms with van der Waals surface area (Å²) in [5.41, 5.74) is 2.97. The third kappa shape index (κ3) is 14.9. The molecule has 0 aliphatic carbocycles. The SMILES string of the molecule is C.CC(C)[C@H](NC(=O)OC(C)(C)C)C(=O)OCc1ccc(S(=O)(=O)C(C)C)cc1.Cc1c(C(=O)N[C@H](C(=O)OCc2ccc(S(=O)(=O)C(C)C)cc2)C(C)C)ccc2c1B(O)OC2. The molecule has 15 nitrogen and oxygen atoms in total. The molecule has 3 aromatic rings. The van der Waals surface area contributed by atoms with Gasteiger partial charge < -0.3 is 34.5 Å². The van der Waals surface area contributed by atoms with Crippen LogP contribution in [0.4, 0.5) is 4.79 Å². The van der Waals surface area contributed by atoms with Crippen LogP contribution in [0.2, 0.25) is 0 Å². The van der Waals surface area contributed by atoms with Crippen molar-refractivity contribution in [2.45, 2.75) is 148 Å². The van der Waals surface area contributed by atoms with Gasteiger partial charge in [0.05, 0.1) is 26.9 Å². The molecular formula is C45H65BN2O13S2. The maximum atomic E-state index is 13.0. The number of esters is 2. The molecule has 0 fully saturated rings. The molecule has 4 rings (SSSR count). The van der Waals surface area contributed by atoms with E-state index in [0.29, 0.717) is 27.7 Å². The molecule has 3 N–H and O–H groups in total. The first kappa shape index (κ1) is 54.4. The fourth-order valence-electron chi connectivity index (χ4n) is 5.98. The lowest BCUT2D eigenvalue weighted by molar-refractivity contribution is -0.149. The summed E-state index contributed by atoms with van der Waals surface area (Å²) in [6.45, 7) is 20.8. The number of alkyl carbamates (subject to hydrolysis) is 1. The molecule has 1 aliphatic rings. The Balaban J connectivity index is 0.000000435. The zero-order valence-electron chi connectivity index (χ0n) is 37.6. The predicted octanol–water partition coefficient (Wildman–Crippen LogP) is 5.99. The summed E-state index contributed by atoms with van der Waals surface area (Å²) in [6.07, 6.45) is -0.689. The van der Waals surface area contributed by atoms with Gasteiger partial charge in [0.25, 0.3) is 5.91 Å². The van der Waals surface area contributed by atoms with Crippen molar-refractivity contribution in [2.75, 3.05) is 0 Å². The minimum absolute atomic E-state index is 0. The first-order valence-electron chi connectivity index (χ1n) is 20.4. The molecule has 2 atom stereocenters. The summed E-state index contributed by atoms with van der Waals surface area (Å²) >= 11 is 0. The molecule has 63 heavy (non-hydrogen) atoms. The predicted molar refractivity (Wildman–Crippen MR) is 242 cm³/mol. The highest BCUT2D eigenvalue weighted by molar-refractivity contribution is 7.92. The highest BCUT2D eigenvalue weighted by atomic mass is 32.2. The highest BCUT2D eigenvalue weighted by Gasteiger charge is 2.33. The Bertz CT molecular complexity index is 2270. The quantitative estimate of drug-likeness (QED) is 0.0908. The highest BCUT2D eigenvalue weighted by Crippen LogP contribution is 2.20. The Morgan fingerprint density at radius 1 is 0.698 bits per heavy atom. The molecule has 0 unspecified atom stereocenters. The molecule has 0 radical (unpaired) electrons. The molecule has 348 valence electrons. The number of ether oxygens (including phenoxy) is 3. The number of fused-ring (bicyclic) bond motifs is 1. The fourth-order valence-corrected chi connectivity index (χ4v) is 8.10. The summed E-state index contributed by atoms with van der Waals surface area (Å²) in [4.78, 5) is 50.5. The first-order chi connectivity index (χ1) is 28.7. The molecule has 2 amide bonds. The van der Waals surface area contributed by atoms with Crippen molar-refractivity contribution in [1.82, 2.24) is 10.6 Å². The van der Waals surface area contributed by atoms with Crippen molar-refractivity contribution in [1.29, 1.82) is 0 Å². The van der Waals surface area contributed by atoms with E-state index in [1.54, 1.807) is 119 Å². The Hall–Kier alpha value is -4.78. The van der Waals surface area contributed by atoms with Gasteiger partial charge in [-0.2, -0.15) is 0 Å². The van der Waals surface area contributed by atoms with E-state index in [1.165, 1.54) is 24.3 Å². The van der Waals surface area contributed by atoms with Crippen LogP contribution in [0, 0.1) is 18.8 Å². The maximum absolute atomic E-state index is 13.0. The third-order valence-corrected chi connectivity index (χ3v) is 14.1. The van der Waals surface area contributed by atoms with Gasteiger partial charge in [0.15, 0.2) is 19.7 Å². The summed E-state index contributed by atoms with van der Waals surface area (Å²) < 4.78 is 69.9. The van der Waals surface area contributed by atoms with E-state index in [-0.39, 0.29) is 48.9 Å². The molecule has 1 aliphatic heterocycles. The van der Waals surface area contributed by atoms with Crippen LogP contribution in [0.15, 0.2) is 70.5 Å². The van der Waals surface area contributed by atoms with Crippen molar-refractivity contribution in [2.24, 2.45) is 11.8 Å². The molecule has 3 aromatic carbocycles. The lowest BCUT2D eigenvalue weighted by Crippen LogP contribution is -2.47. The van der Waals surface area contributed by atoms with Gasteiger partial charge in [-0.15, -0.1) is 0 Å². The zero-order chi connectivity index (χ0) is 46.9. The number of carbonyl (C=O) groups is 4. The van der Waals surface area contributed by atoms with E-state index in [1.807, 2.05) is 0 Å². The monoisotopic (exact) mass is 916 g/mol. The molecule has 0 aromatic heterocycles. The minimum Gasteiger partial charge on any atom is -0.459 e. The summed E-state index contributed by atoms with van der Waals surface area (Å²) in [6, 6.07) is 14.1. The van der Waals surface area contributed by atoms with Gasteiger partial charge in [0.2, 0.25) is 0 Å². The smallest absolute Gasteiger partial charge is 0.459 e. The van der Waals surface area contributed by atoms with Crippen LogP contribution in [-0.2, 0) is 67.9 Å². The second kappa shape index (κ2) is 22.7. The minimum atomic E-state index is -3.38. The van der Waals surface area contributed by atoms with Gasteiger partial charge in [0.1, 0.15) is 30.9 Å². The number of hydrogen-bond donors (Lipinski definition) is 3. The Labute approximate surface area is 374 Å². The number of rotatable bonds is 15. The van der Waals surface area contributed by atoms with Crippen LogP contribution < -0.4 is 16.1 Å². The molecule has 0 bridgehead atoms. The third-order valence-electron chi connectivity index (χ3n) is 9.80. The van der Waals surface area contributed by atoms with E-state index >= 15 is 0 Å². The Morgan fingerprint density at radius 2 is 1.11 bits per heavy atom. The number of sulfone groups is 2. The lowest BCUT2D eigenvalue weighted by Gasteiger charge is -2.24. The van der Waals surface area contributed by atoms with Crippen LogP contribution >= 0.6 is 0 Å². The van der Waals surface area contributed by atoms with Gasteiger partial charge in [-0.25, -0.2) is 31.2 Å². The van der Waals surface area contributed by atoms with Crippen molar-refractivity contribution >= 4 is 56.2 Å². The maximum Gasteiger partial charge on any atom is 0.492 e. The van der Waals surface area contributed by atoms with Gasteiger partial charge in [0, 0.05) is 5.56 Å². The topological polar surface area (TPSA) is 218 Å². The second-order valence-corrected chi connectivity index (χ2v) is 22.2. The zero-order valence-corrected chi connectivity index (χ0v) is 39.2. The number of amides is 2. The van der Waals surface area contributed by atoms with Crippen LogP contribution in [0.3, 0.4) is 0 Å². The summed E-state index contributed by atoms with van der Waals surface area (Å²) in [5, 5.41) is 14.3. The first-order valence-corrected chi connectivity index (χ1v) is 23.5. The molecule has 0 saturated carbocycles. The Kier molecular flexibility index (Phi) is 19.6. The van der Waals surface area contributed by atoms with E-state index in [9.17, 15) is 41.0 Å². The van der Waals surface area contributed by atoms with Crippen molar-refractivity contribution in [3.05, 3.63) is 88.5 Å².